The van der Waals surface area contributed by atoms with Gasteiger partial charge in [-0.2, -0.15) is 13.2 Å². The Kier molecular flexibility index (Phi) is 6.95. The molecular formula is C25H33F3N6O. The van der Waals surface area contributed by atoms with E-state index < -0.39 is 12.7 Å². The number of benzene rings is 1. The van der Waals surface area contributed by atoms with Gasteiger partial charge in [0.05, 0.1) is 43.6 Å². The molecule has 1 aliphatic rings. The Morgan fingerprint density at radius 2 is 1.91 bits per heavy atom. The third-order valence-corrected chi connectivity index (χ3v) is 6.80. The lowest BCUT2D eigenvalue weighted by atomic mass is 9.76. The molecule has 1 aliphatic heterocycles. The fourth-order valence-electron chi connectivity index (χ4n) is 4.81. The Bertz CT molecular complexity index is 1150. The van der Waals surface area contributed by atoms with Crippen LogP contribution >= 0.6 is 0 Å². The third kappa shape index (κ3) is 6.04. The van der Waals surface area contributed by atoms with Crippen molar-refractivity contribution < 1.29 is 17.9 Å². The maximum absolute atomic E-state index is 13.2. The second-order valence-corrected chi connectivity index (χ2v) is 10.5. The van der Waals surface area contributed by atoms with E-state index in [4.69, 9.17) is 4.74 Å². The first-order valence-electron chi connectivity index (χ1n) is 11.8. The Morgan fingerprint density at radius 1 is 1.14 bits per heavy atom. The summed E-state index contributed by atoms with van der Waals surface area (Å²) in [6, 6.07) is 5.56. The van der Waals surface area contributed by atoms with Crippen LogP contribution in [0.4, 0.5) is 13.2 Å². The molecule has 7 nitrogen and oxygen atoms in total. The Balaban J connectivity index is 1.61. The van der Waals surface area contributed by atoms with Crippen LogP contribution in [0.15, 0.2) is 36.9 Å². The molecule has 1 fully saturated rings. The molecule has 0 N–H and O–H groups in total. The summed E-state index contributed by atoms with van der Waals surface area (Å²) >= 11 is 0. The van der Waals surface area contributed by atoms with Crippen molar-refractivity contribution in [2.75, 3.05) is 26.7 Å². The summed E-state index contributed by atoms with van der Waals surface area (Å²) in [7, 11) is 1.61. The Hall–Kier alpha value is -2.88. The van der Waals surface area contributed by atoms with E-state index in [0.29, 0.717) is 18.0 Å². The second kappa shape index (κ2) is 9.64. The largest absolute Gasteiger partial charge is 0.495 e. The van der Waals surface area contributed by atoms with Gasteiger partial charge in [-0.1, -0.05) is 32.1 Å². The van der Waals surface area contributed by atoms with E-state index in [9.17, 15) is 13.2 Å². The molecule has 2 aromatic heterocycles. The van der Waals surface area contributed by atoms with Gasteiger partial charge in [-0.15, -0.1) is 5.10 Å². The number of hydrogen-bond donors (Lipinski definition) is 0. The molecule has 35 heavy (non-hydrogen) atoms. The number of likely N-dealkylation sites (tertiary alicyclic amines) is 1. The molecule has 0 amide bonds. The molecule has 3 aromatic rings. The number of rotatable bonds is 5. The molecule has 2 atom stereocenters. The second-order valence-electron chi connectivity index (χ2n) is 10.5. The number of nitrogens with zero attached hydrogens (tertiary/aromatic N) is 6. The minimum absolute atomic E-state index is 0.00915. The lowest BCUT2D eigenvalue weighted by Gasteiger charge is -2.31. The van der Waals surface area contributed by atoms with Gasteiger partial charge in [-0.25, -0.2) is 9.67 Å². The first-order chi connectivity index (χ1) is 16.4. The van der Waals surface area contributed by atoms with Gasteiger partial charge in [0.2, 0.25) is 0 Å². The van der Waals surface area contributed by atoms with Crippen molar-refractivity contribution in [3.05, 3.63) is 42.6 Å². The van der Waals surface area contributed by atoms with Crippen molar-refractivity contribution in [3.63, 3.8) is 0 Å². The highest BCUT2D eigenvalue weighted by molar-refractivity contribution is 5.64. The minimum Gasteiger partial charge on any atom is -0.495 e. The number of imidazole rings is 1. The van der Waals surface area contributed by atoms with E-state index >= 15 is 0 Å². The van der Waals surface area contributed by atoms with Crippen LogP contribution in [-0.2, 0) is 0 Å². The summed E-state index contributed by atoms with van der Waals surface area (Å²) < 4.78 is 48.8. The van der Waals surface area contributed by atoms with Gasteiger partial charge >= 0.3 is 6.18 Å². The van der Waals surface area contributed by atoms with E-state index in [0.717, 1.165) is 29.8 Å². The number of aryl methyl sites for hydroxylation is 1. The standard InChI is InChI=1S/C25H33F3N6O/c1-17-12-33(16-29-17)22-7-6-18(10-23(22)35-5)21-14-34(31-30-21)20-11-19(24(2,3)4)8-9-32(13-20)15-25(26,27)28/h6-7,10,12,14,16,19-20H,8-9,11,13,15H2,1-5H3/t19?,20-/m0/s1. The van der Waals surface area contributed by atoms with Gasteiger partial charge in [0, 0.05) is 18.3 Å². The molecule has 190 valence electrons. The molecule has 1 unspecified atom stereocenters. The fourth-order valence-corrected chi connectivity index (χ4v) is 4.81. The average molecular weight is 491 g/mol. The van der Waals surface area contributed by atoms with E-state index in [-0.39, 0.29) is 23.9 Å². The van der Waals surface area contributed by atoms with Crippen LogP contribution in [0.1, 0.15) is 45.3 Å². The van der Waals surface area contributed by atoms with E-state index in [2.05, 4.69) is 36.1 Å². The molecule has 0 radical (unpaired) electrons. The van der Waals surface area contributed by atoms with Crippen molar-refractivity contribution in [1.82, 2.24) is 29.4 Å². The predicted octanol–water partition coefficient (Wildman–Crippen LogP) is 5.31. The zero-order chi connectivity index (χ0) is 25.4. The van der Waals surface area contributed by atoms with Gasteiger partial charge in [0.25, 0.3) is 0 Å². The molecule has 0 spiro atoms. The maximum Gasteiger partial charge on any atom is 0.401 e. The summed E-state index contributed by atoms with van der Waals surface area (Å²) in [6.45, 7) is 8.17. The molecule has 1 aromatic carbocycles. The normalized spacial score (nSPS) is 20.1. The van der Waals surface area contributed by atoms with E-state index in [1.165, 1.54) is 4.90 Å². The fraction of sp³-hybridized carbons (Fsp3) is 0.560. The van der Waals surface area contributed by atoms with Crippen LogP contribution in [0.25, 0.3) is 16.9 Å². The van der Waals surface area contributed by atoms with Crippen LogP contribution in [0, 0.1) is 18.3 Å². The number of alkyl halides is 3. The van der Waals surface area contributed by atoms with Crippen LogP contribution in [-0.4, -0.2) is 62.4 Å². The summed E-state index contributed by atoms with van der Waals surface area (Å²) in [4.78, 5) is 5.77. The molecule has 0 aliphatic carbocycles. The smallest absolute Gasteiger partial charge is 0.401 e. The summed E-state index contributed by atoms with van der Waals surface area (Å²) in [5, 5.41) is 8.71. The van der Waals surface area contributed by atoms with Gasteiger partial charge in [0.15, 0.2) is 0 Å². The number of aromatic nitrogens is 5. The maximum atomic E-state index is 13.2. The lowest BCUT2D eigenvalue weighted by Crippen LogP contribution is -2.37. The van der Waals surface area contributed by atoms with Crippen LogP contribution in [0.3, 0.4) is 0 Å². The lowest BCUT2D eigenvalue weighted by molar-refractivity contribution is -0.146. The zero-order valence-corrected chi connectivity index (χ0v) is 20.9. The summed E-state index contributed by atoms with van der Waals surface area (Å²) in [5.41, 5.74) is 3.21. The number of hydrogen-bond acceptors (Lipinski definition) is 5. The molecule has 4 rings (SSSR count). The first kappa shape index (κ1) is 25.2. The van der Waals surface area contributed by atoms with Gasteiger partial charge < -0.3 is 9.30 Å². The first-order valence-corrected chi connectivity index (χ1v) is 11.8. The van der Waals surface area contributed by atoms with Crippen molar-refractivity contribution in [3.8, 4) is 22.7 Å². The number of methoxy groups -OCH3 is 1. The molecular weight excluding hydrogens is 457 g/mol. The minimum atomic E-state index is -4.23. The van der Waals surface area contributed by atoms with Crippen molar-refractivity contribution in [2.24, 2.45) is 11.3 Å². The third-order valence-electron chi connectivity index (χ3n) is 6.80. The summed E-state index contributed by atoms with van der Waals surface area (Å²) in [5.74, 6) is 0.935. The monoisotopic (exact) mass is 490 g/mol. The van der Waals surface area contributed by atoms with Crippen LogP contribution < -0.4 is 4.74 Å². The topological polar surface area (TPSA) is 61.0 Å². The molecule has 0 saturated carbocycles. The average Bonchev–Trinajstić information content (AvgIpc) is 3.37. The molecule has 10 heteroatoms. The van der Waals surface area contributed by atoms with Gasteiger partial charge in [-0.3, -0.25) is 4.90 Å². The van der Waals surface area contributed by atoms with Gasteiger partial charge in [0.1, 0.15) is 11.4 Å². The van der Waals surface area contributed by atoms with Crippen molar-refractivity contribution >= 4 is 0 Å². The van der Waals surface area contributed by atoms with E-state index in [1.54, 1.807) is 18.1 Å². The van der Waals surface area contributed by atoms with Crippen LogP contribution in [0.2, 0.25) is 0 Å². The highest BCUT2D eigenvalue weighted by Gasteiger charge is 2.37. The quantitative estimate of drug-likeness (QED) is 0.485. The van der Waals surface area contributed by atoms with Crippen molar-refractivity contribution in [2.45, 2.75) is 52.8 Å². The Labute approximate surface area is 203 Å². The highest BCUT2D eigenvalue weighted by atomic mass is 19.4. The Morgan fingerprint density at radius 3 is 2.54 bits per heavy atom. The van der Waals surface area contributed by atoms with Crippen molar-refractivity contribution in [1.29, 1.82) is 0 Å². The van der Waals surface area contributed by atoms with Crippen LogP contribution in [0.5, 0.6) is 5.75 Å². The number of ether oxygens (including phenoxy) is 1. The predicted molar refractivity (Wildman–Crippen MR) is 128 cm³/mol. The molecule has 1 saturated heterocycles. The van der Waals surface area contributed by atoms with Gasteiger partial charge in [-0.05, 0) is 49.8 Å². The number of halogens is 3. The zero-order valence-electron chi connectivity index (χ0n) is 20.9. The highest BCUT2D eigenvalue weighted by Crippen LogP contribution is 2.38. The molecule has 3 heterocycles. The summed E-state index contributed by atoms with van der Waals surface area (Å²) in [6.07, 6.45) is 2.72. The van der Waals surface area contributed by atoms with E-state index in [1.807, 2.05) is 42.1 Å². The SMILES string of the molecule is COc1cc(-c2cn([C@H]3CC(C(C)(C)C)CCN(CC(F)(F)F)C3)nn2)ccc1-n1cnc(C)c1. The molecule has 0 bridgehead atoms.